The third-order valence-corrected chi connectivity index (χ3v) is 4.77. The molecule has 18 heavy (non-hydrogen) atoms. The number of thioether (sulfide) groups is 1. The van der Waals surface area contributed by atoms with Crippen molar-refractivity contribution < 1.29 is 9.90 Å². The molecule has 2 atom stereocenters. The molecule has 1 aromatic heterocycles. The molecule has 1 aliphatic carbocycles. The number of nitrogens with zero attached hydrogens (tertiary/aromatic N) is 2. The monoisotopic (exact) mass is 268 g/mol. The molecule has 0 spiro atoms. The van der Waals surface area contributed by atoms with Crippen molar-refractivity contribution in [3.05, 3.63) is 11.9 Å². The van der Waals surface area contributed by atoms with Crippen LogP contribution in [0.5, 0.6) is 0 Å². The van der Waals surface area contributed by atoms with Crippen LogP contribution < -0.4 is 0 Å². The molecule has 0 aromatic carbocycles. The zero-order chi connectivity index (χ0) is 13.1. The van der Waals surface area contributed by atoms with Crippen LogP contribution in [0.2, 0.25) is 0 Å². The van der Waals surface area contributed by atoms with Gasteiger partial charge in [0.25, 0.3) is 0 Å². The minimum absolute atomic E-state index is 0.0800. The van der Waals surface area contributed by atoms with Gasteiger partial charge in [-0.1, -0.05) is 31.5 Å². The van der Waals surface area contributed by atoms with E-state index in [1.165, 1.54) is 31.0 Å². The summed E-state index contributed by atoms with van der Waals surface area (Å²) >= 11 is 1.31. The van der Waals surface area contributed by atoms with E-state index < -0.39 is 5.97 Å². The summed E-state index contributed by atoms with van der Waals surface area (Å²) in [5, 5.41) is 9.58. The van der Waals surface area contributed by atoms with E-state index in [1.807, 2.05) is 13.1 Å². The number of rotatable bonds is 5. The second-order valence-corrected chi connectivity index (χ2v) is 6.09. The normalized spacial score (nSPS) is 23.4. The standard InChI is InChI=1S/C13H20N2O2S/c1-9-4-3-5-11(9)7-15-10(2)6-14-13(15)18-8-12(16)17/h6,9,11H,3-5,7-8H2,1-2H3,(H,16,17). The van der Waals surface area contributed by atoms with Gasteiger partial charge in [0.1, 0.15) is 0 Å². The average Bonchev–Trinajstić information content (AvgIpc) is 2.86. The van der Waals surface area contributed by atoms with Crippen LogP contribution in [0.1, 0.15) is 31.9 Å². The van der Waals surface area contributed by atoms with Gasteiger partial charge in [-0.3, -0.25) is 4.79 Å². The molecule has 0 saturated heterocycles. The van der Waals surface area contributed by atoms with Crippen LogP contribution in [-0.4, -0.2) is 26.4 Å². The lowest BCUT2D eigenvalue weighted by atomic mass is 9.98. The molecule has 1 saturated carbocycles. The number of aromatic nitrogens is 2. The summed E-state index contributed by atoms with van der Waals surface area (Å²) in [6.45, 7) is 5.33. The van der Waals surface area contributed by atoms with Crippen molar-refractivity contribution in [2.75, 3.05) is 5.75 Å². The van der Waals surface area contributed by atoms with Crippen molar-refractivity contribution in [1.29, 1.82) is 0 Å². The lowest BCUT2D eigenvalue weighted by Crippen LogP contribution is -2.15. The molecule has 2 unspecified atom stereocenters. The number of carboxylic acids is 1. The molecule has 1 N–H and O–H groups in total. The maximum absolute atomic E-state index is 10.6. The van der Waals surface area contributed by atoms with Gasteiger partial charge in [-0.2, -0.15) is 0 Å². The summed E-state index contributed by atoms with van der Waals surface area (Å²) in [5.41, 5.74) is 1.13. The zero-order valence-corrected chi connectivity index (χ0v) is 11.7. The fraction of sp³-hybridized carbons (Fsp3) is 0.692. The predicted molar refractivity (Wildman–Crippen MR) is 71.8 cm³/mol. The number of hydrogen-bond donors (Lipinski definition) is 1. The van der Waals surface area contributed by atoms with Gasteiger partial charge in [-0.05, 0) is 25.2 Å². The Morgan fingerprint density at radius 2 is 2.39 bits per heavy atom. The van der Waals surface area contributed by atoms with Crippen molar-refractivity contribution in [3.63, 3.8) is 0 Å². The number of aryl methyl sites for hydroxylation is 1. The number of aliphatic carboxylic acids is 1. The van der Waals surface area contributed by atoms with Gasteiger partial charge >= 0.3 is 5.97 Å². The SMILES string of the molecule is Cc1cnc(SCC(=O)O)n1CC1CCCC1C. The first-order chi connectivity index (χ1) is 8.58. The van der Waals surface area contributed by atoms with E-state index in [0.717, 1.165) is 23.3 Å². The minimum atomic E-state index is -0.790. The maximum atomic E-state index is 10.6. The number of imidazole rings is 1. The van der Waals surface area contributed by atoms with Gasteiger partial charge in [0.15, 0.2) is 5.16 Å². The molecular weight excluding hydrogens is 248 g/mol. The second kappa shape index (κ2) is 5.78. The van der Waals surface area contributed by atoms with Gasteiger partial charge in [-0.25, -0.2) is 4.98 Å². The Bertz CT molecular complexity index is 431. The summed E-state index contributed by atoms with van der Waals surface area (Å²) in [4.78, 5) is 14.9. The fourth-order valence-corrected chi connectivity index (χ4v) is 3.38. The van der Waals surface area contributed by atoms with Crippen LogP contribution in [-0.2, 0) is 11.3 Å². The molecule has 5 heteroatoms. The van der Waals surface area contributed by atoms with Crippen LogP contribution in [0.4, 0.5) is 0 Å². The third-order valence-electron chi connectivity index (χ3n) is 3.80. The maximum Gasteiger partial charge on any atom is 0.313 e. The Kier molecular flexibility index (Phi) is 4.32. The van der Waals surface area contributed by atoms with Crippen molar-refractivity contribution in [2.24, 2.45) is 11.8 Å². The number of carboxylic acid groups (broad SMARTS) is 1. The number of carbonyl (C=O) groups is 1. The molecule has 100 valence electrons. The zero-order valence-electron chi connectivity index (χ0n) is 10.9. The van der Waals surface area contributed by atoms with Crippen LogP contribution in [0, 0.1) is 18.8 Å². The number of hydrogen-bond acceptors (Lipinski definition) is 3. The van der Waals surface area contributed by atoms with Crippen LogP contribution >= 0.6 is 11.8 Å². The van der Waals surface area contributed by atoms with Crippen LogP contribution in [0.25, 0.3) is 0 Å². The van der Waals surface area contributed by atoms with Gasteiger partial charge < -0.3 is 9.67 Å². The van der Waals surface area contributed by atoms with E-state index in [1.54, 1.807) is 0 Å². The van der Waals surface area contributed by atoms with E-state index in [9.17, 15) is 4.79 Å². The highest BCUT2D eigenvalue weighted by molar-refractivity contribution is 7.99. The summed E-state index contributed by atoms with van der Waals surface area (Å²) in [6.07, 6.45) is 5.75. The Labute approximate surface area is 112 Å². The summed E-state index contributed by atoms with van der Waals surface area (Å²) in [6, 6.07) is 0. The van der Waals surface area contributed by atoms with E-state index >= 15 is 0 Å². The summed E-state index contributed by atoms with van der Waals surface area (Å²) in [7, 11) is 0. The Morgan fingerprint density at radius 3 is 3.00 bits per heavy atom. The van der Waals surface area contributed by atoms with E-state index in [2.05, 4.69) is 16.5 Å². The lowest BCUT2D eigenvalue weighted by molar-refractivity contribution is -0.133. The Balaban J connectivity index is 2.06. The van der Waals surface area contributed by atoms with E-state index in [4.69, 9.17) is 5.11 Å². The quantitative estimate of drug-likeness (QED) is 0.834. The first-order valence-electron chi connectivity index (χ1n) is 6.44. The molecule has 1 heterocycles. The molecule has 1 fully saturated rings. The molecule has 1 aromatic rings. The molecule has 2 rings (SSSR count). The highest BCUT2D eigenvalue weighted by Gasteiger charge is 2.25. The molecule has 0 aliphatic heterocycles. The van der Waals surface area contributed by atoms with Crippen molar-refractivity contribution in [3.8, 4) is 0 Å². The second-order valence-electron chi connectivity index (χ2n) is 5.14. The van der Waals surface area contributed by atoms with Crippen molar-refractivity contribution in [1.82, 2.24) is 9.55 Å². The lowest BCUT2D eigenvalue weighted by Gasteiger charge is -2.18. The van der Waals surface area contributed by atoms with Gasteiger partial charge in [-0.15, -0.1) is 0 Å². The highest BCUT2D eigenvalue weighted by Crippen LogP contribution is 2.33. The van der Waals surface area contributed by atoms with Crippen LogP contribution in [0.3, 0.4) is 0 Å². The Morgan fingerprint density at radius 1 is 1.61 bits per heavy atom. The molecule has 0 radical (unpaired) electrons. The molecule has 0 bridgehead atoms. The average molecular weight is 268 g/mol. The first kappa shape index (κ1) is 13.5. The third kappa shape index (κ3) is 3.07. The minimum Gasteiger partial charge on any atom is -0.481 e. The van der Waals surface area contributed by atoms with Gasteiger partial charge in [0.05, 0.1) is 5.75 Å². The summed E-state index contributed by atoms with van der Waals surface area (Å²) in [5.74, 6) is 0.768. The van der Waals surface area contributed by atoms with Gasteiger partial charge in [0.2, 0.25) is 0 Å². The smallest absolute Gasteiger partial charge is 0.313 e. The molecule has 4 nitrogen and oxygen atoms in total. The highest BCUT2D eigenvalue weighted by atomic mass is 32.2. The van der Waals surface area contributed by atoms with Crippen molar-refractivity contribution >= 4 is 17.7 Å². The molecule has 0 amide bonds. The van der Waals surface area contributed by atoms with Gasteiger partial charge in [0, 0.05) is 18.4 Å². The Hall–Kier alpha value is -0.970. The summed E-state index contributed by atoms with van der Waals surface area (Å²) < 4.78 is 2.18. The first-order valence-corrected chi connectivity index (χ1v) is 7.43. The molecular formula is C13H20N2O2S. The predicted octanol–water partition coefficient (Wildman–Crippen LogP) is 2.80. The van der Waals surface area contributed by atoms with Crippen LogP contribution in [0.15, 0.2) is 11.4 Å². The topological polar surface area (TPSA) is 55.1 Å². The molecule has 1 aliphatic rings. The van der Waals surface area contributed by atoms with E-state index in [-0.39, 0.29) is 5.75 Å². The largest absolute Gasteiger partial charge is 0.481 e. The fourth-order valence-electron chi connectivity index (χ4n) is 2.63. The van der Waals surface area contributed by atoms with E-state index in [0.29, 0.717) is 5.92 Å². The van der Waals surface area contributed by atoms with Crippen molar-refractivity contribution in [2.45, 2.75) is 44.8 Å².